The Morgan fingerprint density at radius 2 is 2.06 bits per heavy atom. The fourth-order valence-corrected chi connectivity index (χ4v) is 4.62. The number of nitrogens with one attached hydrogen (secondary N) is 1. The molecule has 0 saturated carbocycles. The Hall–Kier alpha value is -3.00. The van der Waals surface area contributed by atoms with Gasteiger partial charge in [0.1, 0.15) is 17.4 Å². The molecule has 0 aliphatic carbocycles. The Labute approximate surface area is 186 Å². The number of benzene rings is 1. The van der Waals surface area contributed by atoms with Crippen LogP contribution < -0.4 is 10.1 Å². The van der Waals surface area contributed by atoms with Gasteiger partial charge in [-0.3, -0.25) is 4.79 Å². The largest absolute Gasteiger partial charge is 0.497 e. The van der Waals surface area contributed by atoms with Crippen molar-refractivity contribution in [2.75, 3.05) is 25.5 Å². The van der Waals surface area contributed by atoms with E-state index < -0.39 is 0 Å². The molecule has 1 saturated heterocycles. The van der Waals surface area contributed by atoms with Crippen molar-refractivity contribution < 1.29 is 9.53 Å². The Kier molecular flexibility index (Phi) is 6.46. The van der Waals surface area contributed by atoms with Gasteiger partial charge in [0.15, 0.2) is 5.13 Å². The number of anilines is 2. The summed E-state index contributed by atoms with van der Waals surface area (Å²) in [6.45, 7) is 5.46. The predicted octanol–water partition coefficient (Wildman–Crippen LogP) is 4.40. The average Bonchev–Trinajstić information content (AvgIpc) is 3.17. The van der Waals surface area contributed by atoms with Crippen LogP contribution >= 0.6 is 11.3 Å². The van der Waals surface area contributed by atoms with E-state index in [1.165, 1.54) is 0 Å². The molecule has 0 bridgehead atoms. The van der Waals surface area contributed by atoms with Crippen molar-refractivity contribution >= 4 is 28.2 Å². The number of likely N-dealkylation sites (tertiary alicyclic amines) is 1. The fourth-order valence-electron chi connectivity index (χ4n) is 3.95. The maximum atomic E-state index is 13.0. The summed E-state index contributed by atoms with van der Waals surface area (Å²) >= 11 is 1.60. The van der Waals surface area contributed by atoms with Crippen molar-refractivity contribution in [1.29, 1.82) is 0 Å². The third-order valence-corrected chi connectivity index (χ3v) is 6.22. The second kappa shape index (κ2) is 9.43. The van der Waals surface area contributed by atoms with Crippen molar-refractivity contribution in [3.8, 4) is 5.75 Å². The number of aromatic nitrogens is 3. The van der Waals surface area contributed by atoms with Crippen LogP contribution in [-0.4, -0.2) is 46.0 Å². The van der Waals surface area contributed by atoms with E-state index in [2.05, 4.69) is 20.3 Å². The smallest absolute Gasteiger partial charge is 0.253 e. The first-order valence-electron chi connectivity index (χ1n) is 10.5. The Bertz CT molecular complexity index is 1050. The van der Waals surface area contributed by atoms with Gasteiger partial charge in [0, 0.05) is 41.5 Å². The molecule has 1 amide bonds. The van der Waals surface area contributed by atoms with Gasteiger partial charge in [0.05, 0.1) is 7.11 Å². The van der Waals surface area contributed by atoms with Gasteiger partial charge in [-0.1, -0.05) is 0 Å². The number of hydrogen-bond donors (Lipinski definition) is 1. The van der Waals surface area contributed by atoms with Crippen LogP contribution in [0.2, 0.25) is 0 Å². The lowest BCUT2D eigenvalue weighted by Crippen LogP contribution is -2.40. The molecule has 4 rings (SSSR count). The Morgan fingerprint density at radius 1 is 1.26 bits per heavy atom. The molecule has 1 aromatic carbocycles. The second-order valence-corrected chi connectivity index (χ2v) is 9.12. The number of carbonyl (C=O) groups is 1. The molecular weight excluding hydrogens is 410 g/mol. The number of methoxy groups -OCH3 is 1. The fraction of sp³-hybridized carbons (Fsp3) is 0.391. The van der Waals surface area contributed by atoms with Crippen LogP contribution in [0.4, 0.5) is 10.9 Å². The van der Waals surface area contributed by atoms with Crippen LogP contribution in [0.3, 0.4) is 0 Å². The molecule has 0 spiro atoms. The van der Waals surface area contributed by atoms with Crippen molar-refractivity contribution in [3.05, 3.63) is 58.5 Å². The molecule has 3 aromatic rings. The van der Waals surface area contributed by atoms with Gasteiger partial charge in [-0.2, -0.15) is 0 Å². The van der Waals surface area contributed by atoms with E-state index in [9.17, 15) is 4.79 Å². The van der Waals surface area contributed by atoms with E-state index in [-0.39, 0.29) is 5.91 Å². The van der Waals surface area contributed by atoms with Gasteiger partial charge < -0.3 is 15.0 Å². The number of nitrogens with zero attached hydrogens (tertiary/aromatic N) is 4. The van der Waals surface area contributed by atoms with E-state index in [1.807, 2.05) is 55.3 Å². The summed E-state index contributed by atoms with van der Waals surface area (Å²) in [6, 6.07) is 9.31. The number of carbonyl (C=O) groups excluding carboxylic acids is 1. The molecule has 7 nitrogen and oxygen atoms in total. The molecule has 0 unspecified atom stereocenters. The summed E-state index contributed by atoms with van der Waals surface area (Å²) in [5, 5.41) is 4.11. The first-order valence-corrected chi connectivity index (χ1v) is 11.3. The second-order valence-electron chi connectivity index (χ2n) is 7.88. The Morgan fingerprint density at radius 3 is 2.77 bits per heavy atom. The van der Waals surface area contributed by atoms with Gasteiger partial charge in [0.25, 0.3) is 5.91 Å². The molecule has 1 atom stereocenters. The average molecular weight is 438 g/mol. The molecule has 162 valence electrons. The highest BCUT2D eigenvalue weighted by Gasteiger charge is 2.25. The monoisotopic (exact) mass is 437 g/mol. The van der Waals surface area contributed by atoms with E-state index in [1.54, 1.807) is 18.4 Å². The summed E-state index contributed by atoms with van der Waals surface area (Å²) in [5.74, 6) is 2.70. The molecule has 1 fully saturated rings. The molecule has 1 aliphatic rings. The maximum Gasteiger partial charge on any atom is 0.253 e. The third kappa shape index (κ3) is 5.38. The van der Waals surface area contributed by atoms with Crippen LogP contribution in [0, 0.1) is 19.8 Å². The van der Waals surface area contributed by atoms with E-state index >= 15 is 0 Å². The van der Waals surface area contributed by atoms with Crippen LogP contribution in [0.15, 0.2) is 36.5 Å². The minimum Gasteiger partial charge on any atom is -0.497 e. The zero-order valence-corrected chi connectivity index (χ0v) is 18.9. The number of rotatable bonds is 6. The third-order valence-electron chi connectivity index (χ3n) is 5.39. The van der Waals surface area contributed by atoms with Crippen LogP contribution in [0.1, 0.15) is 39.6 Å². The predicted molar refractivity (Wildman–Crippen MR) is 122 cm³/mol. The lowest BCUT2D eigenvalue weighted by molar-refractivity contribution is 0.0672. The van der Waals surface area contributed by atoms with Gasteiger partial charge in [-0.25, -0.2) is 15.0 Å². The van der Waals surface area contributed by atoms with Gasteiger partial charge in [-0.05, 0) is 63.3 Å². The van der Waals surface area contributed by atoms with E-state index in [0.29, 0.717) is 11.5 Å². The quantitative estimate of drug-likeness (QED) is 0.616. The zero-order valence-electron chi connectivity index (χ0n) is 18.1. The highest BCUT2D eigenvalue weighted by molar-refractivity contribution is 7.15. The first-order chi connectivity index (χ1) is 15.0. The molecule has 1 aliphatic heterocycles. The topological polar surface area (TPSA) is 80.2 Å². The lowest BCUT2D eigenvalue weighted by Gasteiger charge is -2.33. The number of aryl methyl sites for hydroxylation is 2. The standard InChI is InChI=1S/C23H27N5O2S/c1-15-13-24-23(31-15)27-21-12-19(25-16(2)26-21)11-17-5-4-10-28(14-17)22(29)18-6-8-20(30-3)9-7-18/h6-9,12-13,17H,4-5,10-11,14H2,1-3H3,(H,24,25,26,27)/t17-/m1/s1. The van der Waals surface area contributed by atoms with Crippen molar-refractivity contribution in [2.45, 2.75) is 33.1 Å². The molecule has 1 N–H and O–H groups in total. The molecule has 3 heterocycles. The number of ether oxygens (including phenoxy) is 1. The van der Waals surface area contributed by atoms with Crippen molar-refractivity contribution in [2.24, 2.45) is 5.92 Å². The van der Waals surface area contributed by atoms with Crippen LogP contribution in [0.25, 0.3) is 0 Å². The van der Waals surface area contributed by atoms with Crippen molar-refractivity contribution in [3.63, 3.8) is 0 Å². The summed E-state index contributed by atoms with van der Waals surface area (Å²) in [7, 11) is 1.62. The van der Waals surface area contributed by atoms with Gasteiger partial charge >= 0.3 is 0 Å². The molecule has 0 radical (unpaired) electrons. The minimum absolute atomic E-state index is 0.0766. The summed E-state index contributed by atoms with van der Waals surface area (Å²) < 4.78 is 5.19. The molecular formula is C23H27N5O2S. The highest BCUT2D eigenvalue weighted by atomic mass is 32.1. The summed E-state index contributed by atoms with van der Waals surface area (Å²) in [6.07, 6.45) is 4.75. The lowest BCUT2D eigenvalue weighted by atomic mass is 9.92. The van der Waals surface area contributed by atoms with E-state index in [4.69, 9.17) is 4.74 Å². The summed E-state index contributed by atoms with van der Waals surface area (Å²) in [5.41, 5.74) is 1.69. The number of hydrogen-bond acceptors (Lipinski definition) is 7. The molecule has 31 heavy (non-hydrogen) atoms. The summed E-state index contributed by atoms with van der Waals surface area (Å²) in [4.78, 5) is 29.5. The van der Waals surface area contributed by atoms with Crippen LogP contribution in [-0.2, 0) is 6.42 Å². The minimum atomic E-state index is 0.0766. The normalized spacial score (nSPS) is 16.2. The van der Waals surface area contributed by atoms with Crippen molar-refractivity contribution in [1.82, 2.24) is 19.9 Å². The van der Waals surface area contributed by atoms with E-state index in [0.717, 1.165) is 65.4 Å². The maximum absolute atomic E-state index is 13.0. The molecule has 8 heteroatoms. The molecule has 2 aromatic heterocycles. The SMILES string of the molecule is COc1ccc(C(=O)N2CCC[C@H](Cc3cc(Nc4ncc(C)s4)nc(C)n3)C2)cc1. The van der Waals surface area contributed by atoms with Gasteiger partial charge in [0.2, 0.25) is 0 Å². The number of amides is 1. The zero-order chi connectivity index (χ0) is 21.8. The number of thiazole rings is 1. The first kappa shape index (κ1) is 21.2. The number of piperidine rings is 1. The highest BCUT2D eigenvalue weighted by Crippen LogP contribution is 2.25. The van der Waals surface area contributed by atoms with Gasteiger partial charge in [-0.15, -0.1) is 11.3 Å². The van der Waals surface area contributed by atoms with Crippen LogP contribution in [0.5, 0.6) is 5.75 Å². The Balaban J connectivity index is 1.42.